The van der Waals surface area contributed by atoms with Crippen molar-refractivity contribution in [3.8, 4) is 0 Å². The second-order valence-corrected chi connectivity index (χ2v) is 4.36. The fourth-order valence-electron chi connectivity index (χ4n) is 2.06. The van der Waals surface area contributed by atoms with E-state index < -0.39 is 36.7 Å². The lowest BCUT2D eigenvalue weighted by atomic mass is 10.1. The van der Waals surface area contributed by atoms with Crippen LogP contribution in [0.5, 0.6) is 0 Å². The Hall–Kier alpha value is -1.52. The maximum Gasteiger partial charge on any atom is 0.271 e. The number of imidazole rings is 1. The Morgan fingerprint density at radius 2 is 2.50 bits per heavy atom. The molecule has 1 fully saturated rings. The summed E-state index contributed by atoms with van der Waals surface area (Å²) in [7, 11) is 0. The van der Waals surface area contributed by atoms with Gasteiger partial charge in [-0.3, -0.25) is 4.79 Å². The number of rotatable bonds is 5. The van der Waals surface area contributed by atoms with Crippen LogP contribution in [-0.4, -0.2) is 63.5 Å². The van der Waals surface area contributed by atoms with Gasteiger partial charge in [-0.2, -0.15) is 0 Å². The predicted molar refractivity (Wildman–Crippen MR) is 66.3 cm³/mol. The molecule has 1 aliphatic rings. The van der Waals surface area contributed by atoms with E-state index in [1.54, 1.807) is 6.92 Å². The van der Waals surface area contributed by atoms with Gasteiger partial charge in [0.25, 0.3) is 5.91 Å². The molecule has 0 saturated carbocycles. The van der Waals surface area contributed by atoms with Gasteiger partial charge in [0.2, 0.25) is 0 Å². The van der Waals surface area contributed by atoms with Crippen LogP contribution in [0.1, 0.15) is 17.4 Å². The van der Waals surface area contributed by atoms with Crippen LogP contribution in [0.4, 0.5) is 0 Å². The molecule has 20 heavy (non-hydrogen) atoms. The Morgan fingerprint density at radius 3 is 3.05 bits per heavy atom. The van der Waals surface area contributed by atoms with Crippen LogP contribution in [0, 0.1) is 0 Å². The maximum atomic E-state index is 11.8. The average Bonchev–Trinajstić information content (AvgIpc) is 3.02. The van der Waals surface area contributed by atoms with E-state index in [9.17, 15) is 15.0 Å². The van der Waals surface area contributed by atoms with Crippen LogP contribution < -0.4 is 11.1 Å². The number of carbonyl (C=O) groups is 1. The molecule has 2 rings (SSSR count). The number of aliphatic hydroxyl groups excluding tert-OH is 2. The monoisotopic (exact) mass is 286 g/mol. The molecule has 2 heterocycles. The number of nitrogens with two attached hydrogens (primary N) is 1. The van der Waals surface area contributed by atoms with Crippen LogP contribution in [0.25, 0.3) is 0 Å². The Kier molecular flexibility index (Phi) is 4.68. The molecule has 5 atom stereocenters. The Balaban J connectivity index is 2.04. The highest BCUT2D eigenvalue weighted by molar-refractivity contribution is 5.92. The molecule has 9 heteroatoms. The van der Waals surface area contributed by atoms with Gasteiger partial charge in [-0.15, -0.1) is 0 Å². The predicted octanol–water partition coefficient (Wildman–Crippen LogP) is -2.09. The van der Waals surface area contributed by atoms with Crippen molar-refractivity contribution in [1.29, 1.82) is 0 Å². The first-order chi connectivity index (χ1) is 9.54. The summed E-state index contributed by atoms with van der Waals surface area (Å²) in [4.78, 5) is 18.2. The Labute approximate surface area is 115 Å². The fraction of sp³-hybridized carbons (Fsp3) is 0.636. The standard InChI is InChI=1S/C11H18N4O5/c1-2-19-7-6(16)11(20-8(7)9(12)17)15-10(18)5-3-13-4-14-5/h3-4,6-9,11,16-17H,2,12H2,1H3,(H,13,14)(H,15,18)/t6-,7+,8+,9?,11-/m1/s1. The molecule has 6 N–H and O–H groups in total. The van der Waals surface area contributed by atoms with Crippen LogP contribution in [-0.2, 0) is 9.47 Å². The van der Waals surface area contributed by atoms with E-state index in [0.717, 1.165) is 0 Å². The van der Waals surface area contributed by atoms with Crippen LogP contribution in [0.3, 0.4) is 0 Å². The van der Waals surface area contributed by atoms with E-state index in [-0.39, 0.29) is 5.69 Å². The molecule has 1 aliphatic heterocycles. The first-order valence-corrected chi connectivity index (χ1v) is 6.22. The lowest BCUT2D eigenvalue weighted by Crippen LogP contribution is -2.46. The van der Waals surface area contributed by atoms with E-state index in [2.05, 4.69) is 15.3 Å². The molecule has 0 radical (unpaired) electrons. The number of aromatic nitrogens is 2. The number of aromatic amines is 1. The van der Waals surface area contributed by atoms with Gasteiger partial charge in [-0.25, -0.2) is 4.98 Å². The van der Waals surface area contributed by atoms with Crippen molar-refractivity contribution >= 4 is 5.91 Å². The van der Waals surface area contributed by atoms with E-state index in [0.29, 0.717) is 6.61 Å². The van der Waals surface area contributed by atoms with Gasteiger partial charge >= 0.3 is 0 Å². The number of H-pyrrole nitrogens is 1. The minimum atomic E-state index is -1.32. The second-order valence-electron chi connectivity index (χ2n) is 4.36. The number of nitrogens with zero attached hydrogens (tertiary/aromatic N) is 1. The molecule has 0 bridgehead atoms. The zero-order chi connectivity index (χ0) is 14.7. The minimum absolute atomic E-state index is 0.227. The molecule has 0 aromatic carbocycles. The van der Waals surface area contributed by atoms with Gasteiger partial charge < -0.3 is 35.7 Å². The molecule has 0 spiro atoms. The number of hydrogen-bond acceptors (Lipinski definition) is 7. The fourth-order valence-corrected chi connectivity index (χ4v) is 2.06. The van der Waals surface area contributed by atoms with E-state index in [1.165, 1.54) is 12.5 Å². The topological polar surface area (TPSA) is 143 Å². The SMILES string of the molecule is CCO[C@H]1[C@@H](O)[C@H](NC(=O)c2cnc[nH]2)O[C@@H]1C(N)O. The number of nitrogens with one attached hydrogen (secondary N) is 2. The van der Waals surface area contributed by atoms with Crippen molar-refractivity contribution in [1.82, 2.24) is 15.3 Å². The molecule has 1 unspecified atom stereocenters. The van der Waals surface area contributed by atoms with Crippen molar-refractivity contribution in [2.45, 2.75) is 37.7 Å². The van der Waals surface area contributed by atoms with Crippen molar-refractivity contribution < 1.29 is 24.5 Å². The molecular formula is C11H18N4O5. The first kappa shape index (κ1) is 14.9. The highest BCUT2D eigenvalue weighted by atomic mass is 16.6. The summed E-state index contributed by atoms with van der Waals surface area (Å²) in [6.07, 6.45) is -2.52. The summed E-state index contributed by atoms with van der Waals surface area (Å²) in [6, 6.07) is 0. The smallest absolute Gasteiger partial charge is 0.271 e. The molecule has 1 aromatic rings. The van der Waals surface area contributed by atoms with Gasteiger partial charge in [0.15, 0.2) is 6.23 Å². The molecule has 0 aliphatic carbocycles. The number of amides is 1. The zero-order valence-corrected chi connectivity index (χ0v) is 10.9. The lowest BCUT2D eigenvalue weighted by Gasteiger charge is -2.21. The number of ether oxygens (including phenoxy) is 2. The first-order valence-electron chi connectivity index (χ1n) is 6.22. The van der Waals surface area contributed by atoms with Crippen molar-refractivity contribution in [3.63, 3.8) is 0 Å². The quantitative estimate of drug-likeness (QED) is 0.390. The highest BCUT2D eigenvalue weighted by Gasteiger charge is 2.47. The normalized spacial score (nSPS) is 31.2. The third-order valence-corrected chi connectivity index (χ3v) is 2.99. The number of aliphatic hydroxyl groups is 2. The van der Waals surface area contributed by atoms with Crippen molar-refractivity contribution in [2.75, 3.05) is 6.61 Å². The molecule has 1 amide bonds. The van der Waals surface area contributed by atoms with E-state index in [1.807, 2.05) is 0 Å². The summed E-state index contributed by atoms with van der Waals surface area (Å²) in [5, 5.41) is 22.0. The molecule has 9 nitrogen and oxygen atoms in total. The average molecular weight is 286 g/mol. The molecule has 1 aromatic heterocycles. The zero-order valence-electron chi connectivity index (χ0n) is 10.9. The van der Waals surface area contributed by atoms with E-state index in [4.69, 9.17) is 15.2 Å². The van der Waals surface area contributed by atoms with Crippen molar-refractivity contribution in [2.24, 2.45) is 5.73 Å². The third kappa shape index (κ3) is 2.97. The van der Waals surface area contributed by atoms with Gasteiger partial charge in [0.05, 0.1) is 12.5 Å². The van der Waals surface area contributed by atoms with Crippen LogP contribution >= 0.6 is 0 Å². The van der Waals surface area contributed by atoms with E-state index >= 15 is 0 Å². The summed E-state index contributed by atoms with van der Waals surface area (Å²) < 4.78 is 10.7. The number of carbonyl (C=O) groups excluding carboxylic acids is 1. The summed E-state index contributed by atoms with van der Waals surface area (Å²) in [6.45, 7) is 2.05. The summed E-state index contributed by atoms with van der Waals surface area (Å²) in [5.41, 5.74) is 5.61. The largest absolute Gasteiger partial charge is 0.386 e. The lowest BCUT2D eigenvalue weighted by molar-refractivity contribution is -0.0841. The van der Waals surface area contributed by atoms with Gasteiger partial charge in [0.1, 0.15) is 30.2 Å². The molecular weight excluding hydrogens is 268 g/mol. The van der Waals surface area contributed by atoms with Crippen LogP contribution in [0.15, 0.2) is 12.5 Å². The maximum absolute atomic E-state index is 11.8. The molecule has 112 valence electrons. The van der Waals surface area contributed by atoms with Gasteiger partial charge in [-0.05, 0) is 6.92 Å². The van der Waals surface area contributed by atoms with Crippen molar-refractivity contribution in [3.05, 3.63) is 18.2 Å². The molecule has 1 saturated heterocycles. The minimum Gasteiger partial charge on any atom is -0.386 e. The van der Waals surface area contributed by atoms with Gasteiger partial charge in [0, 0.05) is 6.61 Å². The Bertz CT molecular complexity index is 438. The van der Waals surface area contributed by atoms with Crippen LogP contribution in [0.2, 0.25) is 0 Å². The highest BCUT2D eigenvalue weighted by Crippen LogP contribution is 2.24. The number of hydrogen-bond donors (Lipinski definition) is 5. The Morgan fingerprint density at radius 1 is 1.75 bits per heavy atom. The summed E-state index contributed by atoms with van der Waals surface area (Å²) >= 11 is 0. The second kappa shape index (κ2) is 6.29. The van der Waals surface area contributed by atoms with Gasteiger partial charge in [-0.1, -0.05) is 0 Å². The summed E-state index contributed by atoms with van der Waals surface area (Å²) in [5.74, 6) is -0.492. The third-order valence-electron chi connectivity index (χ3n) is 2.99.